The highest BCUT2D eigenvalue weighted by Crippen LogP contribution is 2.27. The molecule has 0 radical (unpaired) electrons. The first kappa shape index (κ1) is 17.5. The molecule has 0 unspecified atom stereocenters. The molecule has 0 aliphatic rings. The second-order valence-electron chi connectivity index (χ2n) is 5.84. The third kappa shape index (κ3) is 3.64. The van der Waals surface area contributed by atoms with Crippen LogP contribution in [0.1, 0.15) is 5.56 Å². The van der Waals surface area contributed by atoms with E-state index in [0.717, 1.165) is 39.8 Å². The fourth-order valence-corrected chi connectivity index (χ4v) is 3.25. The van der Waals surface area contributed by atoms with Crippen LogP contribution in [0.2, 0.25) is 0 Å². The molecule has 9 heteroatoms. The number of hydrogen-bond donors (Lipinski definition) is 2. The van der Waals surface area contributed by atoms with Gasteiger partial charge in [-0.1, -0.05) is 12.1 Å². The van der Waals surface area contributed by atoms with Gasteiger partial charge in [-0.15, -0.1) is 0 Å². The third-order valence-electron chi connectivity index (χ3n) is 4.13. The summed E-state index contributed by atoms with van der Waals surface area (Å²) >= 11 is 1.04. The predicted octanol–water partition coefficient (Wildman–Crippen LogP) is 4.17. The highest BCUT2D eigenvalue weighted by atomic mass is 32.2. The first-order chi connectivity index (χ1) is 13.1. The van der Waals surface area contributed by atoms with Gasteiger partial charge in [0.25, 0.3) is 0 Å². The van der Waals surface area contributed by atoms with Crippen LogP contribution in [0, 0.1) is 0 Å². The number of hydrogen-bond acceptors (Lipinski definition) is 6. The van der Waals surface area contributed by atoms with Gasteiger partial charge < -0.3 is 14.0 Å². The van der Waals surface area contributed by atoms with Crippen LogP contribution >= 0.6 is 12.1 Å². The van der Waals surface area contributed by atoms with Crippen molar-refractivity contribution >= 4 is 39.8 Å². The molecule has 0 atom stereocenters. The van der Waals surface area contributed by atoms with E-state index in [9.17, 15) is 8.78 Å². The molecule has 27 heavy (non-hydrogen) atoms. The fourth-order valence-electron chi connectivity index (χ4n) is 2.97. The van der Waals surface area contributed by atoms with Gasteiger partial charge >= 0.3 is 6.61 Å². The fraction of sp³-hybridized carbons (Fsp3) is 0.111. The summed E-state index contributed by atoms with van der Waals surface area (Å²) in [5, 5.41) is 6.22. The number of nitrogens with zero attached hydrogens (tertiary/aromatic N) is 3. The largest absolute Gasteiger partial charge is 0.435 e. The van der Waals surface area contributed by atoms with Crippen molar-refractivity contribution in [3.8, 4) is 5.75 Å². The molecule has 0 amide bonds. The molecule has 4 rings (SSSR count). The van der Waals surface area contributed by atoms with Crippen molar-refractivity contribution in [2.24, 2.45) is 5.14 Å². The Balaban J connectivity index is 1.71. The lowest BCUT2D eigenvalue weighted by molar-refractivity contribution is -0.0497. The minimum Gasteiger partial charge on any atom is -0.435 e. The van der Waals surface area contributed by atoms with E-state index in [0.29, 0.717) is 12.1 Å². The van der Waals surface area contributed by atoms with E-state index in [1.54, 1.807) is 18.6 Å². The van der Waals surface area contributed by atoms with E-state index in [-0.39, 0.29) is 5.75 Å². The number of rotatable bonds is 6. The molecule has 0 bridgehead atoms. The van der Waals surface area contributed by atoms with E-state index in [1.807, 2.05) is 28.8 Å². The summed E-state index contributed by atoms with van der Waals surface area (Å²) in [5.74, 6) is 0.0799. The summed E-state index contributed by atoms with van der Waals surface area (Å²) in [6, 6.07) is 12.6. The Morgan fingerprint density at radius 1 is 1.11 bits per heavy atom. The van der Waals surface area contributed by atoms with Crippen molar-refractivity contribution < 1.29 is 13.5 Å². The molecule has 0 fully saturated rings. The van der Waals surface area contributed by atoms with Gasteiger partial charge in [0.1, 0.15) is 11.3 Å². The smallest absolute Gasteiger partial charge is 0.387 e. The highest BCUT2D eigenvalue weighted by molar-refractivity contribution is 7.98. The molecular weight excluding hydrogens is 372 g/mol. The molecule has 4 aromatic rings. The van der Waals surface area contributed by atoms with E-state index < -0.39 is 6.61 Å². The molecule has 6 nitrogen and oxygen atoms in total. The van der Waals surface area contributed by atoms with Crippen LogP contribution < -0.4 is 14.6 Å². The molecule has 2 heterocycles. The minimum atomic E-state index is -2.87. The molecule has 2 aromatic heterocycles. The maximum Gasteiger partial charge on any atom is 0.387 e. The summed E-state index contributed by atoms with van der Waals surface area (Å²) in [7, 11) is 0. The Morgan fingerprint density at radius 3 is 2.67 bits per heavy atom. The van der Waals surface area contributed by atoms with Crippen molar-refractivity contribution in [2.45, 2.75) is 13.2 Å². The van der Waals surface area contributed by atoms with E-state index in [1.165, 1.54) is 12.1 Å². The maximum absolute atomic E-state index is 12.4. The van der Waals surface area contributed by atoms with Gasteiger partial charge in [0.05, 0.1) is 23.6 Å². The van der Waals surface area contributed by atoms with Gasteiger partial charge in [0.2, 0.25) is 0 Å². The van der Waals surface area contributed by atoms with Crippen LogP contribution in [0.5, 0.6) is 5.75 Å². The van der Waals surface area contributed by atoms with Crippen molar-refractivity contribution in [1.29, 1.82) is 0 Å². The Hall–Kier alpha value is -2.91. The summed E-state index contributed by atoms with van der Waals surface area (Å²) < 4.78 is 34.3. The first-order valence-electron chi connectivity index (χ1n) is 8.03. The van der Waals surface area contributed by atoms with E-state index in [4.69, 9.17) is 5.14 Å². The van der Waals surface area contributed by atoms with Gasteiger partial charge in [-0.2, -0.15) is 8.78 Å². The van der Waals surface area contributed by atoms with Gasteiger partial charge in [-0.3, -0.25) is 10.1 Å². The second-order valence-corrected chi connectivity index (χ2v) is 6.28. The van der Waals surface area contributed by atoms with Crippen LogP contribution in [-0.4, -0.2) is 21.1 Å². The summed E-state index contributed by atoms with van der Waals surface area (Å²) in [5.41, 5.74) is 4.21. The predicted molar refractivity (Wildman–Crippen MR) is 103 cm³/mol. The normalized spacial score (nSPS) is 11.4. The number of anilines is 1. The Kier molecular flexibility index (Phi) is 4.78. The minimum absolute atomic E-state index is 0.0799. The van der Waals surface area contributed by atoms with Crippen molar-refractivity contribution in [2.75, 3.05) is 4.72 Å². The average molecular weight is 387 g/mol. The lowest BCUT2D eigenvalue weighted by Crippen LogP contribution is -2.02. The van der Waals surface area contributed by atoms with Crippen molar-refractivity contribution in [3.05, 3.63) is 60.6 Å². The standard InChI is InChI=1S/C18H15F2N5OS/c19-18(20)26-13-5-6-14-15(7-13)22-8-16-17(14)25(10-23-16)9-11-1-3-12(4-2-11)24-27-21/h1-8,10,18,24H,9,21H2. The Morgan fingerprint density at radius 2 is 1.93 bits per heavy atom. The van der Waals surface area contributed by atoms with Gasteiger partial charge in [-0.05, 0) is 29.8 Å². The number of benzene rings is 2. The highest BCUT2D eigenvalue weighted by Gasteiger charge is 2.11. The number of ether oxygens (including phenoxy) is 1. The van der Waals surface area contributed by atoms with Crippen LogP contribution in [0.25, 0.3) is 21.9 Å². The Bertz CT molecular complexity index is 1080. The van der Waals surface area contributed by atoms with E-state index >= 15 is 0 Å². The second kappa shape index (κ2) is 7.37. The number of halogens is 2. The number of pyridine rings is 1. The topological polar surface area (TPSA) is 78.0 Å². The van der Waals surface area contributed by atoms with Gasteiger partial charge in [0.15, 0.2) is 0 Å². The molecule has 0 aliphatic heterocycles. The SMILES string of the molecule is NSNc1ccc(Cn2cnc3cnc4cc(OC(F)F)ccc4c32)cc1. The summed E-state index contributed by atoms with van der Waals surface area (Å²) in [4.78, 5) is 8.71. The van der Waals surface area contributed by atoms with Crippen LogP contribution in [0.3, 0.4) is 0 Å². The zero-order valence-corrected chi connectivity index (χ0v) is 14.8. The number of fused-ring (bicyclic) bond motifs is 3. The summed E-state index contributed by atoms with van der Waals surface area (Å²) in [6.07, 6.45) is 3.38. The van der Waals surface area contributed by atoms with Crippen molar-refractivity contribution in [3.63, 3.8) is 0 Å². The third-order valence-corrected chi connectivity index (χ3v) is 4.48. The lowest BCUT2D eigenvalue weighted by Gasteiger charge is -2.09. The zero-order chi connectivity index (χ0) is 18.8. The molecule has 0 saturated carbocycles. The number of aromatic nitrogens is 3. The number of nitrogens with one attached hydrogen (secondary N) is 1. The number of alkyl halides is 2. The Labute approximate surface area is 157 Å². The zero-order valence-electron chi connectivity index (χ0n) is 14.0. The lowest BCUT2D eigenvalue weighted by atomic mass is 10.1. The average Bonchev–Trinajstić information content (AvgIpc) is 3.06. The monoisotopic (exact) mass is 387 g/mol. The van der Waals surface area contributed by atoms with E-state index in [2.05, 4.69) is 19.4 Å². The van der Waals surface area contributed by atoms with Crippen LogP contribution in [-0.2, 0) is 6.54 Å². The van der Waals surface area contributed by atoms with Crippen LogP contribution in [0.15, 0.2) is 55.0 Å². The maximum atomic E-state index is 12.4. The quantitative estimate of drug-likeness (QED) is 0.484. The summed E-state index contributed by atoms with van der Waals surface area (Å²) in [6.45, 7) is -2.26. The molecule has 0 saturated heterocycles. The molecule has 2 aromatic carbocycles. The number of imidazole rings is 1. The van der Waals surface area contributed by atoms with Gasteiger partial charge in [0, 0.05) is 35.8 Å². The van der Waals surface area contributed by atoms with Gasteiger partial charge in [-0.25, -0.2) is 4.98 Å². The van der Waals surface area contributed by atoms with Crippen molar-refractivity contribution in [1.82, 2.24) is 14.5 Å². The molecule has 0 spiro atoms. The molecule has 3 N–H and O–H groups in total. The molecule has 0 aliphatic carbocycles. The number of nitrogens with two attached hydrogens (primary N) is 1. The molecular formula is C18H15F2N5OS. The van der Waals surface area contributed by atoms with Crippen LogP contribution in [0.4, 0.5) is 14.5 Å². The first-order valence-corrected chi connectivity index (χ1v) is 8.91. The molecule has 138 valence electrons.